The number of amides is 1. The molecule has 2 heterocycles. The number of benzene rings is 1. The van der Waals surface area contributed by atoms with Crippen molar-refractivity contribution in [2.75, 3.05) is 7.05 Å². The lowest BCUT2D eigenvalue weighted by molar-refractivity contribution is 0.0777. The van der Waals surface area contributed by atoms with Gasteiger partial charge in [-0.1, -0.05) is 29.8 Å². The van der Waals surface area contributed by atoms with E-state index >= 15 is 0 Å². The molecule has 0 spiro atoms. The van der Waals surface area contributed by atoms with E-state index < -0.39 is 0 Å². The average Bonchev–Trinajstić information content (AvgIpc) is 3.22. The Morgan fingerprint density at radius 3 is 2.68 bits per heavy atom. The number of hydrogen-bond donors (Lipinski definition) is 1. The Bertz CT molecular complexity index is 881. The molecular weight excluding hydrogens is 382 g/mol. The van der Waals surface area contributed by atoms with Gasteiger partial charge in [0.05, 0.1) is 22.4 Å². The Labute approximate surface area is 155 Å². The van der Waals surface area contributed by atoms with Gasteiger partial charge in [0.25, 0.3) is 5.91 Å². The number of aromatic amines is 1. The van der Waals surface area contributed by atoms with Gasteiger partial charge in [0.1, 0.15) is 5.69 Å². The summed E-state index contributed by atoms with van der Waals surface area (Å²) >= 11 is 3.49. The molecule has 0 saturated carbocycles. The summed E-state index contributed by atoms with van der Waals surface area (Å²) in [6.45, 7) is 5.27. The van der Waals surface area contributed by atoms with Gasteiger partial charge in [-0.3, -0.25) is 14.6 Å². The fraction of sp³-hybridized carbons (Fsp3) is 0.278. The number of rotatable bonds is 5. The van der Waals surface area contributed by atoms with Gasteiger partial charge < -0.3 is 4.90 Å². The first kappa shape index (κ1) is 17.4. The second-order valence-electron chi connectivity index (χ2n) is 5.97. The predicted molar refractivity (Wildman–Crippen MR) is 100 cm³/mol. The van der Waals surface area contributed by atoms with E-state index in [1.165, 1.54) is 5.56 Å². The summed E-state index contributed by atoms with van der Waals surface area (Å²) in [5.41, 5.74) is 4.22. The van der Waals surface area contributed by atoms with E-state index in [0.29, 0.717) is 12.2 Å². The molecule has 1 N–H and O–H groups in total. The minimum atomic E-state index is -0.121. The van der Waals surface area contributed by atoms with Crippen molar-refractivity contribution >= 4 is 21.8 Å². The number of halogens is 1. The van der Waals surface area contributed by atoms with Crippen LogP contribution in [0.25, 0.3) is 11.3 Å². The van der Waals surface area contributed by atoms with Crippen molar-refractivity contribution in [2.24, 2.45) is 0 Å². The highest BCUT2D eigenvalue weighted by Gasteiger charge is 2.18. The van der Waals surface area contributed by atoms with Crippen LogP contribution in [0.1, 0.15) is 28.7 Å². The van der Waals surface area contributed by atoms with Gasteiger partial charge in [-0.25, -0.2) is 0 Å². The normalized spacial score (nSPS) is 10.9. The van der Waals surface area contributed by atoms with Crippen molar-refractivity contribution in [1.29, 1.82) is 0 Å². The van der Waals surface area contributed by atoms with Crippen molar-refractivity contribution in [3.63, 3.8) is 0 Å². The van der Waals surface area contributed by atoms with Crippen LogP contribution in [0.5, 0.6) is 0 Å². The number of carbonyl (C=O) groups is 1. The smallest absolute Gasteiger partial charge is 0.271 e. The number of nitrogens with zero attached hydrogens (tertiary/aromatic N) is 4. The van der Waals surface area contributed by atoms with Gasteiger partial charge in [0.2, 0.25) is 0 Å². The van der Waals surface area contributed by atoms with E-state index in [2.05, 4.69) is 31.2 Å². The summed E-state index contributed by atoms with van der Waals surface area (Å²) in [6, 6.07) is 9.83. The molecule has 0 radical (unpaired) electrons. The average molecular weight is 402 g/mol. The molecule has 7 heteroatoms. The zero-order chi connectivity index (χ0) is 18.0. The van der Waals surface area contributed by atoms with Crippen molar-refractivity contribution in [3.8, 4) is 11.3 Å². The molecular formula is C18H20BrN5O. The molecule has 3 aromatic rings. The quantitative estimate of drug-likeness (QED) is 0.709. The summed E-state index contributed by atoms with van der Waals surface area (Å²) in [5.74, 6) is -0.121. The van der Waals surface area contributed by atoms with Crippen LogP contribution >= 0.6 is 15.9 Å². The van der Waals surface area contributed by atoms with E-state index in [1.54, 1.807) is 18.0 Å². The monoisotopic (exact) mass is 401 g/mol. The number of aromatic nitrogens is 4. The Morgan fingerprint density at radius 2 is 2.04 bits per heavy atom. The Kier molecular flexibility index (Phi) is 5.03. The molecule has 0 fully saturated rings. The minimum absolute atomic E-state index is 0.121. The van der Waals surface area contributed by atoms with Gasteiger partial charge in [-0.05, 0) is 35.8 Å². The Balaban J connectivity index is 1.74. The first-order valence-corrected chi connectivity index (χ1v) is 8.87. The van der Waals surface area contributed by atoms with E-state index in [9.17, 15) is 4.79 Å². The molecule has 6 nitrogen and oxygen atoms in total. The van der Waals surface area contributed by atoms with Crippen LogP contribution in [-0.4, -0.2) is 37.8 Å². The van der Waals surface area contributed by atoms with Crippen LogP contribution in [-0.2, 0) is 13.1 Å². The lowest BCUT2D eigenvalue weighted by Crippen LogP contribution is -2.27. The molecule has 0 aliphatic heterocycles. The van der Waals surface area contributed by atoms with E-state index in [4.69, 9.17) is 0 Å². The van der Waals surface area contributed by atoms with Crippen LogP contribution in [0, 0.1) is 6.92 Å². The van der Waals surface area contributed by atoms with Crippen LogP contribution in [0.4, 0.5) is 0 Å². The highest BCUT2D eigenvalue weighted by molar-refractivity contribution is 9.10. The van der Waals surface area contributed by atoms with Crippen LogP contribution in [0.3, 0.4) is 0 Å². The van der Waals surface area contributed by atoms with E-state index in [1.807, 2.05) is 49.0 Å². The van der Waals surface area contributed by atoms with E-state index in [-0.39, 0.29) is 5.91 Å². The molecule has 0 bridgehead atoms. The summed E-state index contributed by atoms with van der Waals surface area (Å²) in [6.07, 6.45) is 1.92. The standard InChI is InChI=1S/C18H20BrN5O/c1-4-24-10-14(19)17(22-24)11-23(3)18(25)16-9-15(20-21-16)13-7-5-12(2)6-8-13/h5-10H,4,11H2,1-3H3,(H,20,21). The highest BCUT2D eigenvalue weighted by Crippen LogP contribution is 2.20. The van der Waals surface area contributed by atoms with Crippen LogP contribution in [0.15, 0.2) is 41.0 Å². The molecule has 0 aliphatic rings. The van der Waals surface area contributed by atoms with Crippen molar-refractivity contribution in [1.82, 2.24) is 24.9 Å². The lowest BCUT2D eigenvalue weighted by atomic mass is 10.1. The predicted octanol–water partition coefficient (Wildman–Crippen LogP) is 3.64. The number of H-pyrrole nitrogens is 1. The third-order valence-electron chi connectivity index (χ3n) is 4.00. The van der Waals surface area contributed by atoms with Gasteiger partial charge in [0.15, 0.2) is 0 Å². The molecule has 2 aromatic heterocycles. The Hall–Kier alpha value is -2.41. The topological polar surface area (TPSA) is 66.8 Å². The van der Waals surface area contributed by atoms with Crippen molar-refractivity contribution in [2.45, 2.75) is 26.9 Å². The summed E-state index contributed by atoms with van der Waals surface area (Å²) in [4.78, 5) is 14.3. The van der Waals surface area contributed by atoms with Crippen LogP contribution < -0.4 is 0 Å². The first-order valence-electron chi connectivity index (χ1n) is 8.07. The molecule has 0 atom stereocenters. The molecule has 0 aliphatic carbocycles. The molecule has 1 amide bonds. The fourth-order valence-electron chi connectivity index (χ4n) is 2.51. The SMILES string of the molecule is CCn1cc(Br)c(CN(C)C(=O)c2cc(-c3ccc(C)cc3)n[nH]2)n1. The number of hydrogen-bond acceptors (Lipinski definition) is 3. The number of nitrogens with one attached hydrogen (secondary N) is 1. The number of carbonyl (C=O) groups excluding carboxylic acids is 1. The number of aryl methyl sites for hydroxylation is 2. The zero-order valence-corrected chi connectivity index (χ0v) is 16.0. The summed E-state index contributed by atoms with van der Waals surface area (Å²) in [5, 5.41) is 11.6. The molecule has 25 heavy (non-hydrogen) atoms. The molecule has 0 saturated heterocycles. The summed E-state index contributed by atoms with van der Waals surface area (Å²) in [7, 11) is 1.76. The molecule has 0 unspecified atom stereocenters. The third-order valence-corrected chi connectivity index (χ3v) is 4.66. The third kappa shape index (κ3) is 3.82. The maximum absolute atomic E-state index is 12.6. The van der Waals surface area contributed by atoms with Gasteiger partial charge >= 0.3 is 0 Å². The summed E-state index contributed by atoms with van der Waals surface area (Å²) < 4.78 is 2.74. The minimum Gasteiger partial charge on any atom is -0.334 e. The fourth-order valence-corrected chi connectivity index (χ4v) is 2.95. The van der Waals surface area contributed by atoms with Gasteiger partial charge in [-0.15, -0.1) is 0 Å². The zero-order valence-electron chi connectivity index (χ0n) is 14.5. The molecule has 130 valence electrons. The second-order valence-corrected chi connectivity index (χ2v) is 6.83. The second kappa shape index (κ2) is 7.23. The maximum Gasteiger partial charge on any atom is 0.271 e. The van der Waals surface area contributed by atoms with E-state index in [0.717, 1.165) is 28.0 Å². The van der Waals surface area contributed by atoms with Gasteiger partial charge in [-0.2, -0.15) is 10.2 Å². The first-order chi connectivity index (χ1) is 12.0. The largest absolute Gasteiger partial charge is 0.334 e. The molecule has 3 rings (SSSR count). The van der Waals surface area contributed by atoms with Crippen molar-refractivity contribution in [3.05, 3.63) is 58.0 Å². The lowest BCUT2D eigenvalue weighted by Gasteiger charge is -2.14. The van der Waals surface area contributed by atoms with Crippen molar-refractivity contribution < 1.29 is 4.79 Å². The van der Waals surface area contributed by atoms with Crippen LogP contribution in [0.2, 0.25) is 0 Å². The highest BCUT2D eigenvalue weighted by atomic mass is 79.9. The maximum atomic E-state index is 12.6. The molecule has 1 aromatic carbocycles. The van der Waals surface area contributed by atoms with Gasteiger partial charge in [0, 0.05) is 25.4 Å². The Morgan fingerprint density at radius 1 is 1.32 bits per heavy atom.